The van der Waals surface area contributed by atoms with E-state index >= 15 is 0 Å². The van der Waals surface area contributed by atoms with Crippen molar-refractivity contribution >= 4 is 11.9 Å². The van der Waals surface area contributed by atoms with E-state index in [0.717, 1.165) is 0 Å². The van der Waals surface area contributed by atoms with Crippen molar-refractivity contribution in [1.29, 1.82) is 0 Å². The molecule has 78 valence electrons. The third kappa shape index (κ3) is 1.19. The van der Waals surface area contributed by atoms with Crippen LogP contribution in [0.1, 0.15) is 13.3 Å². The van der Waals surface area contributed by atoms with E-state index in [4.69, 9.17) is 4.74 Å². The largest absolute Gasteiger partial charge is 0.468 e. The summed E-state index contributed by atoms with van der Waals surface area (Å²) in [5.41, 5.74) is -0.693. The highest BCUT2D eigenvalue weighted by Gasteiger charge is 2.52. The highest BCUT2D eigenvalue weighted by Crippen LogP contribution is 2.32. The number of nitrogens with one attached hydrogen (secondary N) is 2. The summed E-state index contributed by atoms with van der Waals surface area (Å²) in [4.78, 5) is 22.8. The molecular formula is C9H14N2O3. The number of hydrogen-bond acceptors (Lipinski definition) is 4. The predicted molar refractivity (Wildman–Crippen MR) is 48.5 cm³/mol. The maximum absolute atomic E-state index is 11.5. The van der Waals surface area contributed by atoms with Crippen LogP contribution in [0.2, 0.25) is 0 Å². The van der Waals surface area contributed by atoms with Crippen molar-refractivity contribution in [2.24, 2.45) is 5.92 Å². The molecular weight excluding hydrogens is 184 g/mol. The molecule has 2 N–H and O–H groups in total. The molecule has 0 spiro atoms. The highest BCUT2D eigenvalue weighted by molar-refractivity contribution is 5.87. The van der Waals surface area contributed by atoms with E-state index in [9.17, 15) is 9.59 Å². The Hall–Kier alpha value is -1.10. The van der Waals surface area contributed by atoms with Gasteiger partial charge >= 0.3 is 5.97 Å². The summed E-state index contributed by atoms with van der Waals surface area (Å²) in [6.07, 6.45) is 0.524. The second kappa shape index (κ2) is 2.95. The number of esters is 1. The predicted octanol–water partition coefficient (Wildman–Crippen LogP) is -0.974. The fourth-order valence-corrected chi connectivity index (χ4v) is 2.33. The van der Waals surface area contributed by atoms with Crippen LogP contribution in [-0.4, -0.2) is 37.1 Å². The van der Waals surface area contributed by atoms with Gasteiger partial charge < -0.3 is 10.1 Å². The first-order valence-corrected chi connectivity index (χ1v) is 4.70. The smallest absolute Gasteiger partial charge is 0.325 e. The fraction of sp³-hybridized carbons (Fsp3) is 0.778. The van der Waals surface area contributed by atoms with E-state index in [1.54, 1.807) is 6.92 Å². The molecule has 0 aliphatic carbocycles. The first kappa shape index (κ1) is 9.45. The Balaban J connectivity index is 2.14. The lowest BCUT2D eigenvalue weighted by Crippen LogP contribution is -2.49. The number of carbonyl (C=O) groups excluding carboxylic acids is 2. The number of amides is 1. The zero-order valence-corrected chi connectivity index (χ0v) is 8.29. The van der Waals surface area contributed by atoms with Gasteiger partial charge in [-0.1, -0.05) is 0 Å². The van der Waals surface area contributed by atoms with Gasteiger partial charge in [0.2, 0.25) is 5.91 Å². The van der Waals surface area contributed by atoms with Crippen molar-refractivity contribution in [2.45, 2.75) is 24.9 Å². The third-order valence-electron chi connectivity index (χ3n) is 3.09. The minimum Gasteiger partial charge on any atom is -0.468 e. The van der Waals surface area contributed by atoms with Crippen LogP contribution in [0.25, 0.3) is 0 Å². The maximum Gasteiger partial charge on any atom is 0.325 e. The first-order chi connectivity index (χ1) is 6.57. The molecule has 2 aliphatic rings. The molecule has 2 heterocycles. The van der Waals surface area contributed by atoms with Crippen LogP contribution in [0.15, 0.2) is 0 Å². The lowest BCUT2D eigenvalue weighted by molar-refractivity contribution is -0.147. The topological polar surface area (TPSA) is 67.4 Å². The van der Waals surface area contributed by atoms with Gasteiger partial charge in [0.1, 0.15) is 5.54 Å². The van der Waals surface area contributed by atoms with Crippen LogP contribution in [0.3, 0.4) is 0 Å². The Morgan fingerprint density at radius 2 is 2.36 bits per heavy atom. The summed E-state index contributed by atoms with van der Waals surface area (Å²) in [6, 6.07) is 0.0756. The molecule has 0 bridgehead atoms. The van der Waals surface area contributed by atoms with Gasteiger partial charge in [0, 0.05) is 12.6 Å². The molecule has 0 aromatic rings. The van der Waals surface area contributed by atoms with Gasteiger partial charge in [-0.15, -0.1) is 0 Å². The van der Waals surface area contributed by atoms with E-state index in [1.807, 2.05) is 0 Å². The van der Waals surface area contributed by atoms with Gasteiger partial charge in [-0.25, -0.2) is 0 Å². The van der Waals surface area contributed by atoms with Gasteiger partial charge in [0.05, 0.1) is 13.0 Å². The molecule has 0 aromatic heterocycles. The van der Waals surface area contributed by atoms with E-state index in [2.05, 4.69) is 10.6 Å². The van der Waals surface area contributed by atoms with Crippen LogP contribution in [0.5, 0.6) is 0 Å². The van der Waals surface area contributed by atoms with Crippen molar-refractivity contribution in [3.8, 4) is 0 Å². The molecule has 14 heavy (non-hydrogen) atoms. The van der Waals surface area contributed by atoms with Crippen LogP contribution >= 0.6 is 0 Å². The summed E-state index contributed by atoms with van der Waals surface area (Å²) >= 11 is 0. The first-order valence-electron chi connectivity index (χ1n) is 4.70. The van der Waals surface area contributed by atoms with Gasteiger partial charge in [0.15, 0.2) is 0 Å². The molecule has 0 radical (unpaired) electrons. The standard InChI is InChI=1S/C9H14N2O3/c1-9(8(13)14-2)3-5-6(11-9)4-10-7(5)12/h5-6,11H,3-4H2,1-2H3,(H,10,12). The number of methoxy groups -OCH3 is 1. The second-order valence-corrected chi connectivity index (χ2v) is 4.13. The van der Waals surface area contributed by atoms with Crippen molar-refractivity contribution in [3.05, 3.63) is 0 Å². The SMILES string of the molecule is COC(=O)C1(C)CC2C(=O)NCC2N1. The normalized spacial score (nSPS) is 40.6. The Morgan fingerprint density at radius 3 is 2.93 bits per heavy atom. The second-order valence-electron chi connectivity index (χ2n) is 4.13. The minimum atomic E-state index is -0.693. The molecule has 2 saturated heterocycles. The average Bonchev–Trinajstić information content (AvgIpc) is 2.65. The molecule has 5 heteroatoms. The van der Waals surface area contributed by atoms with Crippen LogP contribution in [0, 0.1) is 5.92 Å². The molecule has 2 rings (SSSR count). The number of rotatable bonds is 1. The Labute approximate surface area is 82.2 Å². The Bertz CT molecular complexity index is 292. The quantitative estimate of drug-likeness (QED) is 0.532. The highest BCUT2D eigenvalue weighted by atomic mass is 16.5. The lowest BCUT2D eigenvalue weighted by atomic mass is 9.94. The van der Waals surface area contributed by atoms with Crippen LogP contribution in [0.4, 0.5) is 0 Å². The van der Waals surface area contributed by atoms with Crippen molar-refractivity contribution in [2.75, 3.05) is 13.7 Å². The Morgan fingerprint density at radius 1 is 1.64 bits per heavy atom. The summed E-state index contributed by atoms with van der Waals surface area (Å²) in [5, 5.41) is 5.92. The van der Waals surface area contributed by atoms with Gasteiger partial charge in [0.25, 0.3) is 0 Å². The maximum atomic E-state index is 11.5. The van der Waals surface area contributed by atoms with Crippen molar-refractivity contribution < 1.29 is 14.3 Å². The van der Waals surface area contributed by atoms with E-state index in [0.29, 0.717) is 13.0 Å². The number of ether oxygens (including phenoxy) is 1. The number of carbonyl (C=O) groups is 2. The summed E-state index contributed by atoms with van der Waals surface area (Å²) < 4.78 is 4.70. The molecule has 0 saturated carbocycles. The molecule has 1 amide bonds. The molecule has 0 aromatic carbocycles. The van der Waals surface area contributed by atoms with E-state index in [-0.39, 0.29) is 23.8 Å². The summed E-state index contributed by atoms with van der Waals surface area (Å²) in [6.45, 7) is 2.39. The monoisotopic (exact) mass is 198 g/mol. The number of fused-ring (bicyclic) bond motifs is 1. The zero-order chi connectivity index (χ0) is 10.3. The summed E-state index contributed by atoms with van der Waals surface area (Å²) in [7, 11) is 1.36. The van der Waals surface area contributed by atoms with E-state index in [1.165, 1.54) is 7.11 Å². The fourth-order valence-electron chi connectivity index (χ4n) is 2.33. The van der Waals surface area contributed by atoms with Crippen molar-refractivity contribution in [3.63, 3.8) is 0 Å². The zero-order valence-electron chi connectivity index (χ0n) is 8.29. The van der Waals surface area contributed by atoms with Crippen LogP contribution < -0.4 is 10.6 Å². The Kier molecular flexibility index (Phi) is 1.99. The van der Waals surface area contributed by atoms with Gasteiger partial charge in [-0.2, -0.15) is 0 Å². The van der Waals surface area contributed by atoms with Gasteiger partial charge in [-0.3, -0.25) is 14.9 Å². The lowest BCUT2D eigenvalue weighted by Gasteiger charge is -2.22. The molecule has 3 atom stereocenters. The molecule has 2 aliphatic heterocycles. The molecule has 5 nitrogen and oxygen atoms in total. The number of hydrogen-bond donors (Lipinski definition) is 2. The van der Waals surface area contributed by atoms with Crippen LogP contribution in [-0.2, 0) is 14.3 Å². The molecule has 2 fully saturated rings. The summed E-state index contributed by atoms with van der Waals surface area (Å²) in [5.74, 6) is -0.339. The minimum absolute atomic E-state index is 0.0372. The third-order valence-corrected chi connectivity index (χ3v) is 3.09. The van der Waals surface area contributed by atoms with E-state index < -0.39 is 5.54 Å². The molecule has 3 unspecified atom stereocenters. The average molecular weight is 198 g/mol. The van der Waals surface area contributed by atoms with Gasteiger partial charge in [-0.05, 0) is 13.3 Å². The van der Waals surface area contributed by atoms with Crippen molar-refractivity contribution in [1.82, 2.24) is 10.6 Å².